The third kappa shape index (κ3) is 5.15. The number of carbonyl (C=O) groups excluding carboxylic acids is 1. The number of esters is 1. The van der Waals surface area contributed by atoms with E-state index in [1.807, 2.05) is 18.2 Å². The molecule has 0 N–H and O–H groups in total. The fourth-order valence-electron chi connectivity index (χ4n) is 2.99. The van der Waals surface area contributed by atoms with E-state index < -0.39 is 0 Å². The molecule has 0 bridgehead atoms. The first-order chi connectivity index (χ1) is 11.2. The molecule has 0 unspecified atom stereocenters. The summed E-state index contributed by atoms with van der Waals surface area (Å²) < 4.78 is 5.05. The highest BCUT2D eigenvalue weighted by atomic mass is 16.5. The highest BCUT2D eigenvalue weighted by Gasteiger charge is 2.14. The summed E-state index contributed by atoms with van der Waals surface area (Å²) in [6.45, 7) is 2.45. The summed E-state index contributed by atoms with van der Waals surface area (Å²) in [5, 5.41) is 3.72. The molecule has 23 heavy (non-hydrogen) atoms. The van der Waals surface area contributed by atoms with Crippen molar-refractivity contribution in [2.45, 2.75) is 39.0 Å². The lowest BCUT2D eigenvalue weighted by Gasteiger charge is -2.20. The zero-order valence-corrected chi connectivity index (χ0v) is 13.6. The van der Waals surface area contributed by atoms with Crippen LogP contribution in [0.1, 0.15) is 54.9 Å². The van der Waals surface area contributed by atoms with E-state index in [-0.39, 0.29) is 5.97 Å². The van der Waals surface area contributed by atoms with E-state index in [0.29, 0.717) is 24.6 Å². The molecule has 1 saturated carbocycles. The number of allylic oxidation sites excluding steroid dienone is 1. The number of nitrogens with zero attached hydrogens (tertiary/aromatic N) is 3. The van der Waals surface area contributed by atoms with Gasteiger partial charge in [0.25, 0.3) is 0 Å². The van der Waals surface area contributed by atoms with Crippen LogP contribution in [0, 0.1) is 5.92 Å². The Labute approximate surface area is 137 Å². The molecule has 5 nitrogen and oxygen atoms in total. The van der Waals surface area contributed by atoms with Gasteiger partial charge in [-0.3, -0.25) is 0 Å². The van der Waals surface area contributed by atoms with Crippen molar-refractivity contribution in [1.29, 1.82) is 0 Å². The first-order valence-corrected chi connectivity index (χ1v) is 8.23. The Hall–Kier alpha value is -2.26. The molecule has 0 spiro atoms. The minimum absolute atomic E-state index is 0.305. The number of hydrogen-bond acceptors (Lipinski definition) is 3. The minimum Gasteiger partial charge on any atom is -0.462 e. The molecule has 1 aliphatic carbocycles. The third-order valence-corrected chi connectivity index (χ3v) is 4.14. The summed E-state index contributed by atoms with van der Waals surface area (Å²) in [6, 6.07) is 7.35. The summed E-state index contributed by atoms with van der Waals surface area (Å²) in [5.74, 6) is 0.203. The van der Waals surface area contributed by atoms with E-state index in [2.05, 4.69) is 16.1 Å². The van der Waals surface area contributed by atoms with Gasteiger partial charge >= 0.3 is 5.97 Å². The molecular weight excluding hydrogens is 290 g/mol. The van der Waals surface area contributed by atoms with Crippen LogP contribution < -0.4 is 0 Å². The van der Waals surface area contributed by atoms with Crippen molar-refractivity contribution in [3.63, 3.8) is 0 Å². The highest BCUT2D eigenvalue weighted by molar-refractivity contribution is 5.90. The van der Waals surface area contributed by atoms with Gasteiger partial charge < -0.3 is 4.74 Å². The number of ether oxygens (including phenoxy) is 1. The van der Waals surface area contributed by atoms with Crippen LogP contribution in [0.2, 0.25) is 0 Å². The van der Waals surface area contributed by atoms with Crippen LogP contribution in [0.25, 0.3) is 16.0 Å². The molecule has 0 atom stereocenters. The van der Waals surface area contributed by atoms with E-state index in [1.54, 1.807) is 13.0 Å². The molecule has 1 aliphatic rings. The lowest BCUT2D eigenvalue weighted by molar-refractivity contribution is 0.0526. The smallest absolute Gasteiger partial charge is 0.338 e. The average Bonchev–Trinajstić information content (AvgIpc) is 2.60. The van der Waals surface area contributed by atoms with Gasteiger partial charge in [-0.2, -0.15) is 0 Å². The number of rotatable bonds is 6. The van der Waals surface area contributed by atoms with Crippen molar-refractivity contribution in [1.82, 2.24) is 0 Å². The third-order valence-electron chi connectivity index (χ3n) is 4.14. The van der Waals surface area contributed by atoms with Gasteiger partial charge in [0.1, 0.15) is 0 Å². The van der Waals surface area contributed by atoms with Crippen molar-refractivity contribution in [3.8, 4) is 0 Å². The Morgan fingerprint density at radius 1 is 1.35 bits per heavy atom. The van der Waals surface area contributed by atoms with Crippen LogP contribution in [-0.2, 0) is 4.74 Å². The second kappa shape index (κ2) is 9.01. The topological polar surface area (TPSA) is 75.1 Å². The lowest BCUT2D eigenvalue weighted by Crippen LogP contribution is -2.06. The molecule has 1 aromatic rings. The first-order valence-electron chi connectivity index (χ1n) is 8.23. The van der Waals surface area contributed by atoms with Crippen molar-refractivity contribution in [2.75, 3.05) is 13.2 Å². The molecule has 1 aromatic carbocycles. The first kappa shape index (κ1) is 17.1. The van der Waals surface area contributed by atoms with Gasteiger partial charge in [-0.15, -0.1) is 0 Å². The summed E-state index contributed by atoms with van der Waals surface area (Å²) in [6.07, 6.45) is 8.37. The number of hydrogen-bond donors (Lipinski definition) is 0. The van der Waals surface area contributed by atoms with Gasteiger partial charge in [0, 0.05) is 4.91 Å². The molecule has 0 radical (unpaired) electrons. The monoisotopic (exact) mass is 313 g/mol. The normalized spacial score (nSPS) is 15.8. The number of azide groups is 1. The Morgan fingerprint density at radius 3 is 2.78 bits per heavy atom. The zero-order valence-electron chi connectivity index (χ0n) is 13.6. The van der Waals surface area contributed by atoms with Crippen molar-refractivity contribution in [2.24, 2.45) is 11.0 Å². The predicted octanol–water partition coefficient (Wildman–Crippen LogP) is 5.14. The van der Waals surface area contributed by atoms with Crippen molar-refractivity contribution >= 4 is 11.5 Å². The molecule has 0 heterocycles. The second-order valence-corrected chi connectivity index (χ2v) is 5.78. The van der Waals surface area contributed by atoms with Crippen LogP contribution in [0.15, 0.2) is 35.5 Å². The van der Waals surface area contributed by atoms with Gasteiger partial charge in [0.15, 0.2) is 0 Å². The summed E-state index contributed by atoms with van der Waals surface area (Å²) in [5.41, 5.74) is 11.1. The van der Waals surface area contributed by atoms with Crippen LogP contribution in [0.4, 0.5) is 0 Å². The van der Waals surface area contributed by atoms with Crippen LogP contribution in [-0.4, -0.2) is 19.1 Å². The lowest BCUT2D eigenvalue weighted by atomic mass is 9.86. The number of carbonyl (C=O) groups is 1. The second-order valence-electron chi connectivity index (χ2n) is 5.78. The fourth-order valence-corrected chi connectivity index (χ4v) is 2.99. The van der Waals surface area contributed by atoms with Gasteiger partial charge in [0.05, 0.1) is 18.7 Å². The summed E-state index contributed by atoms with van der Waals surface area (Å²) in [7, 11) is 0. The maximum Gasteiger partial charge on any atom is 0.338 e. The maximum atomic E-state index is 11.9. The molecule has 0 saturated heterocycles. The Balaban J connectivity index is 2.27. The van der Waals surface area contributed by atoms with E-state index in [4.69, 9.17) is 10.3 Å². The van der Waals surface area contributed by atoms with E-state index >= 15 is 0 Å². The molecular formula is C18H23N3O2. The van der Waals surface area contributed by atoms with Gasteiger partial charge in [0.2, 0.25) is 0 Å². The highest BCUT2D eigenvalue weighted by Crippen LogP contribution is 2.28. The summed E-state index contributed by atoms with van der Waals surface area (Å²) in [4.78, 5) is 14.8. The standard InChI is InChI=1S/C18H23N3O2/c1-2-23-18(22)16-10-6-9-15(12-16)17(13-20-21-19)11-14-7-4-3-5-8-14/h6,9-12,14H,2-5,7-8,13H2,1H3/b17-11+. The molecule has 0 aromatic heterocycles. The number of benzene rings is 1. The van der Waals surface area contributed by atoms with Crippen molar-refractivity contribution in [3.05, 3.63) is 51.9 Å². The van der Waals surface area contributed by atoms with Crippen LogP contribution >= 0.6 is 0 Å². The molecule has 1 fully saturated rings. The average molecular weight is 313 g/mol. The van der Waals surface area contributed by atoms with Gasteiger partial charge in [-0.25, -0.2) is 4.79 Å². The van der Waals surface area contributed by atoms with Crippen molar-refractivity contribution < 1.29 is 9.53 Å². The minimum atomic E-state index is -0.324. The van der Waals surface area contributed by atoms with E-state index in [0.717, 1.165) is 11.1 Å². The van der Waals surface area contributed by atoms with E-state index in [1.165, 1.54) is 32.1 Å². The largest absolute Gasteiger partial charge is 0.462 e. The van der Waals surface area contributed by atoms with Crippen LogP contribution in [0.5, 0.6) is 0 Å². The van der Waals surface area contributed by atoms with Gasteiger partial charge in [-0.05, 0) is 54.5 Å². The molecule has 0 amide bonds. The molecule has 0 aliphatic heterocycles. The molecule has 122 valence electrons. The Morgan fingerprint density at radius 2 is 2.09 bits per heavy atom. The predicted molar refractivity (Wildman–Crippen MR) is 91.0 cm³/mol. The Bertz CT molecular complexity index is 612. The summed E-state index contributed by atoms with van der Waals surface area (Å²) >= 11 is 0. The quantitative estimate of drug-likeness (QED) is 0.316. The van der Waals surface area contributed by atoms with E-state index in [9.17, 15) is 4.79 Å². The maximum absolute atomic E-state index is 11.9. The van der Waals surface area contributed by atoms with Crippen LogP contribution in [0.3, 0.4) is 0 Å². The Kier molecular flexibility index (Phi) is 6.70. The fraction of sp³-hybridized carbons (Fsp3) is 0.500. The zero-order chi connectivity index (χ0) is 16.5. The van der Waals surface area contributed by atoms with Gasteiger partial charge in [-0.1, -0.05) is 42.6 Å². The SMILES string of the molecule is CCOC(=O)c1cccc(/C(=C/C2CCCCC2)CN=[N+]=[N-])c1. The molecule has 5 heteroatoms. The molecule has 2 rings (SSSR count).